The highest BCUT2D eigenvalue weighted by Gasteiger charge is 2.07. The fraction of sp³-hybridized carbons (Fsp3) is 0.0769. The Bertz CT molecular complexity index is 655. The van der Waals surface area contributed by atoms with Crippen molar-refractivity contribution in [3.63, 3.8) is 0 Å². The summed E-state index contributed by atoms with van der Waals surface area (Å²) in [5.74, 6) is 0. The molecule has 0 aliphatic carbocycles. The quantitative estimate of drug-likeness (QED) is 0.747. The van der Waals surface area contributed by atoms with Crippen LogP contribution >= 0.6 is 11.3 Å². The van der Waals surface area contributed by atoms with E-state index in [4.69, 9.17) is 0 Å². The second-order valence-electron chi connectivity index (χ2n) is 3.66. The van der Waals surface area contributed by atoms with Crippen molar-refractivity contribution in [2.45, 2.75) is 0 Å². The third kappa shape index (κ3) is 1.76. The number of benzene rings is 1. The zero-order valence-corrected chi connectivity index (χ0v) is 10.2. The predicted octanol–water partition coefficient (Wildman–Crippen LogP) is 3.40. The number of para-hydroxylation sites is 1. The first-order valence-electron chi connectivity index (χ1n) is 5.36. The Labute approximate surface area is 103 Å². The molecule has 0 amide bonds. The van der Waals surface area contributed by atoms with E-state index in [-0.39, 0.29) is 0 Å². The lowest BCUT2D eigenvalue weighted by Gasteiger charge is -2.02. The maximum atomic E-state index is 4.45. The third-order valence-corrected chi connectivity index (χ3v) is 3.67. The van der Waals surface area contributed by atoms with Crippen LogP contribution < -0.4 is 5.32 Å². The van der Waals surface area contributed by atoms with Gasteiger partial charge in [-0.05, 0) is 6.07 Å². The average Bonchev–Trinajstić information content (AvgIpc) is 2.87. The van der Waals surface area contributed by atoms with Crippen LogP contribution in [0.2, 0.25) is 0 Å². The minimum absolute atomic E-state index is 0.924. The summed E-state index contributed by atoms with van der Waals surface area (Å²) >= 11 is 1.64. The molecule has 84 valence electrons. The number of anilines is 1. The lowest BCUT2D eigenvalue weighted by molar-refractivity contribution is 1.36. The molecule has 1 N–H and O–H groups in total. The monoisotopic (exact) mass is 241 g/mol. The van der Waals surface area contributed by atoms with Gasteiger partial charge in [0.1, 0.15) is 0 Å². The molecule has 0 saturated heterocycles. The maximum Gasteiger partial charge on any atom is 0.182 e. The summed E-state index contributed by atoms with van der Waals surface area (Å²) in [7, 11) is 1.88. The summed E-state index contributed by atoms with van der Waals surface area (Å²) in [6, 6.07) is 10.2. The summed E-state index contributed by atoms with van der Waals surface area (Å²) in [4.78, 5) is 9.89. The molecule has 3 rings (SSSR count). The molecule has 2 aromatic heterocycles. The SMILES string of the molecule is CNc1ncc(-c2cccc3cccnc23)s1. The molecule has 0 radical (unpaired) electrons. The van der Waals surface area contributed by atoms with Crippen LogP contribution in [0.3, 0.4) is 0 Å². The first-order valence-corrected chi connectivity index (χ1v) is 6.18. The van der Waals surface area contributed by atoms with Gasteiger partial charge in [0.2, 0.25) is 0 Å². The van der Waals surface area contributed by atoms with Crippen molar-refractivity contribution in [3.8, 4) is 10.4 Å². The highest BCUT2D eigenvalue weighted by molar-refractivity contribution is 7.19. The summed E-state index contributed by atoms with van der Waals surface area (Å²) in [5, 5.41) is 5.13. The van der Waals surface area contributed by atoms with Gasteiger partial charge in [-0.3, -0.25) is 4.98 Å². The zero-order chi connectivity index (χ0) is 11.7. The van der Waals surface area contributed by atoms with Gasteiger partial charge in [-0.25, -0.2) is 4.98 Å². The number of fused-ring (bicyclic) bond motifs is 1. The van der Waals surface area contributed by atoms with Crippen molar-refractivity contribution in [1.82, 2.24) is 9.97 Å². The average molecular weight is 241 g/mol. The van der Waals surface area contributed by atoms with Crippen molar-refractivity contribution >= 4 is 27.4 Å². The summed E-state index contributed by atoms with van der Waals surface area (Å²) in [6.45, 7) is 0. The van der Waals surface area contributed by atoms with Gasteiger partial charge in [-0.1, -0.05) is 35.6 Å². The van der Waals surface area contributed by atoms with Gasteiger partial charge >= 0.3 is 0 Å². The van der Waals surface area contributed by atoms with Gasteiger partial charge in [0, 0.05) is 30.4 Å². The number of thiazole rings is 1. The molecule has 3 aromatic rings. The topological polar surface area (TPSA) is 37.8 Å². The van der Waals surface area contributed by atoms with Gasteiger partial charge in [0.15, 0.2) is 5.13 Å². The summed E-state index contributed by atoms with van der Waals surface area (Å²) in [6.07, 6.45) is 3.71. The Morgan fingerprint density at radius 1 is 1.12 bits per heavy atom. The van der Waals surface area contributed by atoms with Gasteiger partial charge in [0.25, 0.3) is 0 Å². The molecule has 4 heteroatoms. The van der Waals surface area contributed by atoms with Crippen LogP contribution in [-0.4, -0.2) is 17.0 Å². The number of rotatable bonds is 2. The van der Waals surface area contributed by atoms with Crippen LogP contribution in [0, 0.1) is 0 Å². The minimum Gasteiger partial charge on any atom is -0.365 e. The fourth-order valence-electron chi connectivity index (χ4n) is 1.82. The Hall–Kier alpha value is -1.94. The van der Waals surface area contributed by atoms with Crippen LogP contribution in [0.15, 0.2) is 42.7 Å². The summed E-state index contributed by atoms with van der Waals surface area (Å²) < 4.78 is 0. The normalized spacial score (nSPS) is 10.6. The number of nitrogens with zero attached hydrogens (tertiary/aromatic N) is 2. The van der Waals surface area contributed by atoms with Gasteiger partial charge < -0.3 is 5.32 Å². The van der Waals surface area contributed by atoms with Crippen LogP contribution in [0.4, 0.5) is 5.13 Å². The molecule has 17 heavy (non-hydrogen) atoms. The molecule has 0 fully saturated rings. The van der Waals surface area contributed by atoms with Gasteiger partial charge in [-0.15, -0.1) is 0 Å². The molecule has 0 spiro atoms. The van der Waals surface area contributed by atoms with E-state index in [1.54, 1.807) is 11.3 Å². The fourth-order valence-corrected chi connectivity index (χ4v) is 2.61. The molecule has 0 unspecified atom stereocenters. The van der Waals surface area contributed by atoms with E-state index in [0.717, 1.165) is 26.5 Å². The number of pyridine rings is 1. The Morgan fingerprint density at radius 3 is 2.82 bits per heavy atom. The highest BCUT2D eigenvalue weighted by Crippen LogP contribution is 2.32. The lowest BCUT2D eigenvalue weighted by Crippen LogP contribution is -1.83. The Kier molecular flexibility index (Phi) is 2.49. The Morgan fingerprint density at radius 2 is 2.00 bits per heavy atom. The molecule has 0 saturated carbocycles. The molecule has 1 aromatic carbocycles. The van der Waals surface area contributed by atoms with Crippen molar-refractivity contribution in [2.24, 2.45) is 0 Å². The molecule has 0 atom stereocenters. The second-order valence-corrected chi connectivity index (χ2v) is 4.69. The van der Waals surface area contributed by atoms with Crippen molar-refractivity contribution in [2.75, 3.05) is 12.4 Å². The molecule has 3 nitrogen and oxygen atoms in total. The van der Waals surface area contributed by atoms with Crippen molar-refractivity contribution in [1.29, 1.82) is 0 Å². The smallest absolute Gasteiger partial charge is 0.182 e. The standard InChI is InChI=1S/C13H11N3S/c1-14-13-16-8-11(17-13)10-6-2-4-9-5-3-7-15-12(9)10/h2-8H,1H3,(H,14,16). The van der Waals surface area contributed by atoms with E-state index in [9.17, 15) is 0 Å². The largest absolute Gasteiger partial charge is 0.365 e. The van der Waals surface area contributed by atoms with Gasteiger partial charge in [-0.2, -0.15) is 0 Å². The zero-order valence-electron chi connectivity index (χ0n) is 9.34. The highest BCUT2D eigenvalue weighted by atomic mass is 32.1. The first-order chi connectivity index (χ1) is 8.38. The van der Waals surface area contributed by atoms with E-state index in [2.05, 4.69) is 39.6 Å². The van der Waals surface area contributed by atoms with Crippen LogP contribution in [0.1, 0.15) is 0 Å². The maximum absolute atomic E-state index is 4.45. The van der Waals surface area contributed by atoms with E-state index in [1.807, 2.05) is 25.5 Å². The van der Waals surface area contributed by atoms with Crippen molar-refractivity contribution in [3.05, 3.63) is 42.7 Å². The molecule has 0 aliphatic heterocycles. The number of hydrogen-bond acceptors (Lipinski definition) is 4. The molecule has 2 heterocycles. The van der Waals surface area contributed by atoms with Gasteiger partial charge in [0.05, 0.1) is 10.4 Å². The van der Waals surface area contributed by atoms with E-state index >= 15 is 0 Å². The number of nitrogens with one attached hydrogen (secondary N) is 1. The van der Waals surface area contributed by atoms with Crippen molar-refractivity contribution < 1.29 is 0 Å². The Balaban J connectivity index is 2.23. The lowest BCUT2D eigenvalue weighted by atomic mass is 10.1. The van der Waals surface area contributed by atoms with Crippen LogP contribution in [0.25, 0.3) is 21.3 Å². The molecular formula is C13H11N3S. The molecular weight excluding hydrogens is 230 g/mol. The first kappa shape index (κ1) is 10.2. The molecule has 0 bridgehead atoms. The summed E-state index contributed by atoms with van der Waals surface area (Å²) in [5.41, 5.74) is 2.17. The second kappa shape index (κ2) is 4.14. The number of aromatic nitrogens is 2. The predicted molar refractivity (Wildman–Crippen MR) is 72.4 cm³/mol. The van der Waals surface area contributed by atoms with Crippen LogP contribution in [0.5, 0.6) is 0 Å². The minimum atomic E-state index is 0.924. The van der Waals surface area contributed by atoms with E-state index < -0.39 is 0 Å². The van der Waals surface area contributed by atoms with E-state index in [1.165, 1.54) is 0 Å². The third-order valence-electron chi connectivity index (χ3n) is 2.62. The molecule has 0 aliphatic rings. The van der Waals surface area contributed by atoms with Crippen LogP contribution in [-0.2, 0) is 0 Å². The van der Waals surface area contributed by atoms with E-state index in [0.29, 0.717) is 0 Å². The number of hydrogen-bond donors (Lipinski definition) is 1.